The van der Waals surface area contributed by atoms with Crippen LogP contribution in [0.1, 0.15) is 19.8 Å². The largest absolute Gasteiger partial charge is 0.482 e. The lowest BCUT2D eigenvalue weighted by molar-refractivity contribution is -0.146. The van der Waals surface area contributed by atoms with Crippen LogP contribution < -0.4 is 10.2 Å². The van der Waals surface area contributed by atoms with Gasteiger partial charge in [-0.15, -0.1) is 0 Å². The van der Waals surface area contributed by atoms with Gasteiger partial charge < -0.3 is 13.9 Å². The molecule has 0 radical (unpaired) electrons. The molecule has 2 aromatic carbocycles. The van der Waals surface area contributed by atoms with E-state index >= 15 is 0 Å². The van der Waals surface area contributed by atoms with Crippen LogP contribution in [0, 0.1) is 0 Å². The molecule has 0 unspecified atom stereocenters. The van der Waals surface area contributed by atoms with Gasteiger partial charge in [0.05, 0.1) is 12.0 Å². The summed E-state index contributed by atoms with van der Waals surface area (Å²) in [6, 6.07) is 15.8. The highest BCUT2D eigenvalue weighted by Gasteiger charge is 2.09. The van der Waals surface area contributed by atoms with Gasteiger partial charge in [0.25, 0.3) is 0 Å². The topological polar surface area (TPSA) is 65.7 Å². The van der Waals surface area contributed by atoms with Crippen LogP contribution in [0.3, 0.4) is 0 Å². The van der Waals surface area contributed by atoms with Gasteiger partial charge in [0.2, 0.25) is 0 Å². The molecule has 0 N–H and O–H groups in total. The Bertz CT molecular complexity index is 944. The van der Waals surface area contributed by atoms with E-state index in [4.69, 9.17) is 13.9 Å². The molecular formula is C21H20O5. The number of benzene rings is 2. The summed E-state index contributed by atoms with van der Waals surface area (Å²) in [6.45, 7) is 2.24. The number of rotatable bonds is 7. The average Bonchev–Trinajstić information content (AvgIpc) is 2.67. The monoisotopic (exact) mass is 352 g/mol. The minimum absolute atomic E-state index is 0.129. The molecule has 5 heteroatoms. The second-order valence-corrected chi connectivity index (χ2v) is 5.86. The predicted octanol–water partition coefficient (Wildman–Crippen LogP) is 4.18. The first-order chi connectivity index (χ1) is 12.7. The molecule has 0 aliphatic carbocycles. The van der Waals surface area contributed by atoms with E-state index in [1.807, 2.05) is 37.3 Å². The number of unbranched alkanes of at least 4 members (excludes halogenated alkanes) is 1. The van der Waals surface area contributed by atoms with Gasteiger partial charge >= 0.3 is 5.97 Å². The number of carbonyl (C=O) groups is 1. The van der Waals surface area contributed by atoms with Crippen molar-refractivity contribution in [1.29, 1.82) is 0 Å². The molecule has 5 nitrogen and oxygen atoms in total. The lowest BCUT2D eigenvalue weighted by Crippen LogP contribution is -2.15. The molecule has 0 bridgehead atoms. The molecule has 0 saturated heterocycles. The fourth-order valence-electron chi connectivity index (χ4n) is 2.48. The summed E-state index contributed by atoms with van der Waals surface area (Å²) in [6.07, 6.45) is 1.79. The van der Waals surface area contributed by atoms with Crippen LogP contribution in [0.25, 0.3) is 22.3 Å². The van der Waals surface area contributed by atoms with Crippen molar-refractivity contribution in [3.05, 3.63) is 64.8 Å². The van der Waals surface area contributed by atoms with E-state index in [0.29, 0.717) is 29.1 Å². The smallest absolute Gasteiger partial charge is 0.344 e. The first kappa shape index (κ1) is 17.7. The zero-order valence-corrected chi connectivity index (χ0v) is 14.6. The normalized spacial score (nSPS) is 10.7. The molecule has 26 heavy (non-hydrogen) atoms. The van der Waals surface area contributed by atoms with Gasteiger partial charge in [-0.3, -0.25) is 4.79 Å². The summed E-state index contributed by atoms with van der Waals surface area (Å²) in [5.74, 6) is 0.510. The molecule has 0 spiro atoms. The minimum Gasteiger partial charge on any atom is -0.482 e. The maximum absolute atomic E-state index is 12.3. The number of hydrogen-bond acceptors (Lipinski definition) is 5. The molecule has 1 heterocycles. The van der Waals surface area contributed by atoms with E-state index in [0.717, 1.165) is 18.4 Å². The summed E-state index contributed by atoms with van der Waals surface area (Å²) < 4.78 is 16.4. The Labute approximate surface area is 151 Å². The highest BCUT2D eigenvalue weighted by Crippen LogP contribution is 2.24. The third-order valence-corrected chi connectivity index (χ3v) is 3.88. The molecule has 0 amide bonds. The Morgan fingerprint density at radius 2 is 1.88 bits per heavy atom. The zero-order valence-electron chi connectivity index (χ0n) is 14.6. The van der Waals surface area contributed by atoms with Gasteiger partial charge in [0.15, 0.2) is 12.0 Å². The van der Waals surface area contributed by atoms with Gasteiger partial charge in [-0.1, -0.05) is 43.7 Å². The molecule has 1 aromatic heterocycles. The third kappa shape index (κ3) is 4.30. The molecule has 0 aliphatic heterocycles. The highest BCUT2D eigenvalue weighted by molar-refractivity contribution is 5.80. The van der Waals surface area contributed by atoms with E-state index in [2.05, 4.69) is 0 Å². The second-order valence-electron chi connectivity index (χ2n) is 5.86. The third-order valence-electron chi connectivity index (χ3n) is 3.88. The molecule has 134 valence electrons. The van der Waals surface area contributed by atoms with Gasteiger partial charge in [0, 0.05) is 17.7 Å². The number of fused-ring (bicyclic) bond motifs is 1. The van der Waals surface area contributed by atoms with Crippen LogP contribution in [0.5, 0.6) is 5.75 Å². The number of carbonyl (C=O) groups excluding carboxylic acids is 1. The fraction of sp³-hybridized carbons (Fsp3) is 0.238. The Morgan fingerprint density at radius 1 is 1.08 bits per heavy atom. The number of ether oxygens (including phenoxy) is 2. The van der Waals surface area contributed by atoms with Crippen LogP contribution in [0.4, 0.5) is 0 Å². The van der Waals surface area contributed by atoms with E-state index in [9.17, 15) is 9.59 Å². The van der Waals surface area contributed by atoms with E-state index in [1.165, 1.54) is 6.07 Å². The maximum Gasteiger partial charge on any atom is 0.344 e. The van der Waals surface area contributed by atoms with Gasteiger partial charge in [-0.2, -0.15) is 0 Å². The molecule has 0 aliphatic rings. The van der Waals surface area contributed by atoms with Crippen LogP contribution in [0.2, 0.25) is 0 Å². The average molecular weight is 352 g/mol. The Hall–Kier alpha value is -3.08. The molecule has 0 saturated carbocycles. The van der Waals surface area contributed by atoms with Crippen LogP contribution >= 0.6 is 0 Å². The van der Waals surface area contributed by atoms with Crippen molar-refractivity contribution >= 4 is 16.9 Å². The van der Waals surface area contributed by atoms with Gasteiger partial charge in [-0.25, -0.2) is 4.79 Å². The van der Waals surface area contributed by atoms with Crippen LogP contribution in [-0.4, -0.2) is 19.2 Å². The first-order valence-electron chi connectivity index (χ1n) is 8.59. The van der Waals surface area contributed by atoms with Crippen molar-refractivity contribution in [2.75, 3.05) is 13.2 Å². The molecule has 3 aromatic rings. The second kappa shape index (κ2) is 8.34. The lowest BCUT2D eigenvalue weighted by Gasteiger charge is -2.08. The Balaban J connectivity index is 1.79. The summed E-state index contributed by atoms with van der Waals surface area (Å²) in [7, 11) is 0. The predicted molar refractivity (Wildman–Crippen MR) is 99.3 cm³/mol. The highest BCUT2D eigenvalue weighted by atomic mass is 16.6. The maximum atomic E-state index is 12.3. The summed E-state index contributed by atoms with van der Waals surface area (Å²) in [5.41, 5.74) is 1.10. The van der Waals surface area contributed by atoms with Crippen LogP contribution in [-0.2, 0) is 9.53 Å². The quantitative estimate of drug-likeness (QED) is 0.471. The summed E-state index contributed by atoms with van der Waals surface area (Å²) >= 11 is 0. The van der Waals surface area contributed by atoms with Gasteiger partial charge in [0.1, 0.15) is 17.1 Å². The Kier molecular flexibility index (Phi) is 5.69. The van der Waals surface area contributed by atoms with E-state index < -0.39 is 5.97 Å². The number of hydrogen-bond donors (Lipinski definition) is 0. The SMILES string of the molecule is CCCCOC(=O)COc1ccc2c(=O)cc(-c3ccccc3)oc2c1. The molecule has 0 atom stereocenters. The molecular weight excluding hydrogens is 332 g/mol. The van der Waals surface area contributed by atoms with Gasteiger partial charge in [-0.05, 0) is 18.6 Å². The summed E-state index contributed by atoms with van der Waals surface area (Å²) in [4.78, 5) is 23.9. The fourth-order valence-corrected chi connectivity index (χ4v) is 2.48. The van der Waals surface area contributed by atoms with E-state index in [-0.39, 0.29) is 12.0 Å². The van der Waals surface area contributed by atoms with E-state index in [1.54, 1.807) is 18.2 Å². The first-order valence-corrected chi connectivity index (χ1v) is 8.59. The minimum atomic E-state index is -0.418. The number of esters is 1. The summed E-state index contributed by atoms with van der Waals surface area (Å²) in [5, 5.41) is 0.461. The van der Waals surface area contributed by atoms with Crippen molar-refractivity contribution in [2.45, 2.75) is 19.8 Å². The Morgan fingerprint density at radius 3 is 2.65 bits per heavy atom. The van der Waals surface area contributed by atoms with Crippen molar-refractivity contribution in [1.82, 2.24) is 0 Å². The van der Waals surface area contributed by atoms with Crippen molar-refractivity contribution in [3.8, 4) is 17.1 Å². The lowest BCUT2D eigenvalue weighted by atomic mass is 10.1. The molecule has 0 fully saturated rings. The van der Waals surface area contributed by atoms with Crippen molar-refractivity contribution < 1.29 is 18.7 Å². The van der Waals surface area contributed by atoms with Crippen molar-refractivity contribution in [3.63, 3.8) is 0 Å². The molecule has 3 rings (SSSR count). The standard InChI is InChI=1S/C21H20O5/c1-2-3-11-24-21(23)14-25-16-9-10-17-18(22)13-19(26-20(17)12-16)15-7-5-4-6-8-15/h4-10,12-13H,2-3,11,14H2,1H3. The van der Waals surface area contributed by atoms with Crippen LogP contribution in [0.15, 0.2) is 63.8 Å². The zero-order chi connectivity index (χ0) is 18.4. The van der Waals surface area contributed by atoms with Crippen molar-refractivity contribution in [2.24, 2.45) is 0 Å².